The molecule has 1 aliphatic carbocycles. The summed E-state index contributed by atoms with van der Waals surface area (Å²) >= 11 is 0. The van der Waals surface area contributed by atoms with Crippen LogP contribution in [0.15, 0.2) is 77.7 Å². The zero-order chi connectivity index (χ0) is 25.9. The lowest BCUT2D eigenvalue weighted by Gasteiger charge is -2.23. The number of nitrogens with one attached hydrogen (secondary N) is 1. The Morgan fingerprint density at radius 2 is 1.69 bits per heavy atom. The Morgan fingerprint density at radius 3 is 2.33 bits per heavy atom. The van der Waals surface area contributed by atoms with Gasteiger partial charge in [0, 0.05) is 29.4 Å². The van der Waals surface area contributed by atoms with Gasteiger partial charge < -0.3 is 10.1 Å². The zero-order valence-corrected chi connectivity index (χ0v) is 21.4. The van der Waals surface area contributed by atoms with Gasteiger partial charge in [0.15, 0.2) is 9.84 Å². The Bertz CT molecular complexity index is 1360. The number of carbonyl (C=O) groups excluding carboxylic acids is 2. The predicted octanol–water partition coefficient (Wildman–Crippen LogP) is 5.05. The highest BCUT2D eigenvalue weighted by Crippen LogP contribution is 2.33. The number of carbonyl (C=O) groups is 2. The lowest BCUT2D eigenvalue weighted by molar-refractivity contribution is -0.115. The second-order valence-corrected chi connectivity index (χ2v) is 11.1. The first kappa shape index (κ1) is 25.4. The van der Waals surface area contributed by atoms with E-state index >= 15 is 0 Å². The standard InChI is InChI=1S/C28H30N2O5S/c1-19(26-9-4-5-10-27(26)35-3)29-28(32)22-7-6-8-24(17-22)30(20(2)31)23-13-15-25(16-14-23)36(33,34)18-21-11-12-21/h4-10,13-17,19,21H,11-12,18H2,1-3H3,(H,29,32)/t19-/m0/s1. The number of nitrogens with zero attached hydrogens (tertiary/aromatic N) is 1. The first-order chi connectivity index (χ1) is 17.2. The van der Waals surface area contributed by atoms with E-state index in [-0.39, 0.29) is 34.4 Å². The SMILES string of the molecule is COc1ccccc1[C@H](C)NC(=O)c1cccc(N(C(C)=O)c2ccc(S(=O)(=O)CC3CC3)cc2)c1. The number of methoxy groups -OCH3 is 1. The third-order valence-electron chi connectivity index (χ3n) is 6.24. The van der Waals surface area contributed by atoms with Crippen molar-refractivity contribution >= 4 is 33.0 Å². The Labute approximate surface area is 212 Å². The number of sulfone groups is 1. The highest BCUT2D eigenvalue weighted by Gasteiger charge is 2.29. The van der Waals surface area contributed by atoms with Gasteiger partial charge >= 0.3 is 0 Å². The summed E-state index contributed by atoms with van der Waals surface area (Å²) in [7, 11) is -1.76. The van der Waals surface area contributed by atoms with E-state index in [1.54, 1.807) is 43.5 Å². The van der Waals surface area contributed by atoms with Gasteiger partial charge in [-0.1, -0.05) is 24.3 Å². The van der Waals surface area contributed by atoms with Crippen molar-refractivity contribution in [2.75, 3.05) is 17.8 Å². The highest BCUT2D eigenvalue weighted by atomic mass is 32.2. The molecule has 7 nitrogen and oxygen atoms in total. The topological polar surface area (TPSA) is 92.8 Å². The summed E-state index contributed by atoms with van der Waals surface area (Å²) in [6, 6.07) is 20.3. The van der Waals surface area contributed by atoms with Crippen molar-refractivity contribution in [3.05, 3.63) is 83.9 Å². The van der Waals surface area contributed by atoms with E-state index in [0.29, 0.717) is 22.7 Å². The van der Waals surface area contributed by atoms with Crippen LogP contribution < -0.4 is 15.0 Å². The van der Waals surface area contributed by atoms with Crippen molar-refractivity contribution in [1.29, 1.82) is 0 Å². The minimum Gasteiger partial charge on any atom is -0.496 e. The average Bonchev–Trinajstić information content (AvgIpc) is 3.67. The molecule has 188 valence electrons. The fourth-order valence-electron chi connectivity index (χ4n) is 4.17. The summed E-state index contributed by atoms with van der Waals surface area (Å²) in [6.45, 7) is 3.30. The van der Waals surface area contributed by atoms with Crippen LogP contribution >= 0.6 is 0 Å². The lowest BCUT2D eigenvalue weighted by atomic mass is 10.1. The summed E-state index contributed by atoms with van der Waals surface area (Å²) in [5.41, 5.74) is 2.28. The number of hydrogen-bond acceptors (Lipinski definition) is 5. The molecular formula is C28H30N2O5S. The number of ether oxygens (including phenoxy) is 1. The molecule has 1 saturated carbocycles. The van der Waals surface area contributed by atoms with E-state index in [1.807, 2.05) is 31.2 Å². The van der Waals surface area contributed by atoms with E-state index in [4.69, 9.17) is 4.74 Å². The summed E-state index contributed by atoms with van der Waals surface area (Å²) < 4.78 is 30.6. The van der Waals surface area contributed by atoms with E-state index in [0.717, 1.165) is 18.4 Å². The predicted molar refractivity (Wildman–Crippen MR) is 139 cm³/mol. The van der Waals surface area contributed by atoms with E-state index in [1.165, 1.54) is 24.0 Å². The Kier molecular flexibility index (Phi) is 7.45. The summed E-state index contributed by atoms with van der Waals surface area (Å²) in [5, 5.41) is 2.98. The number of benzene rings is 3. The highest BCUT2D eigenvalue weighted by molar-refractivity contribution is 7.91. The van der Waals surface area contributed by atoms with Crippen LogP contribution in [-0.4, -0.2) is 33.1 Å². The Balaban J connectivity index is 1.55. The van der Waals surface area contributed by atoms with Gasteiger partial charge in [-0.15, -0.1) is 0 Å². The van der Waals surface area contributed by atoms with Crippen LogP contribution in [0.4, 0.5) is 11.4 Å². The van der Waals surface area contributed by atoms with E-state index in [2.05, 4.69) is 5.32 Å². The molecule has 2 amide bonds. The molecule has 0 unspecified atom stereocenters. The average molecular weight is 507 g/mol. The van der Waals surface area contributed by atoms with Crippen LogP contribution in [0.2, 0.25) is 0 Å². The molecule has 4 rings (SSSR count). The Morgan fingerprint density at radius 1 is 1.00 bits per heavy atom. The second-order valence-electron chi connectivity index (χ2n) is 9.06. The molecule has 1 aliphatic rings. The van der Waals surface area contributed by atoms with E-state index < -0.39 is 9.84 Å². The minimum atomic E-state index is -3.35. The quantitative estimate of drug-likeness (QED) is 0.438. The maximum absolute atomic E-state index is 13.0. The fourth-order valence-corrected chi connectivity index (χ4v) is 5.87. The first-order valence-electron chi connectivity index (χ1n) is 11.9. The van der Waals surface area contributed by atoms with Crippen LogP contribution in [0.1, 0.15) is 48.7 Å². The molecule has 0 bridgehead atoms. The maximum Gasteiger partial charge on any atom is 0.251 e. The molecule has 1 atom stereocenters. The molecule has 0 spiro atoms. The van der Waals surface area contributed by atoms with Crippen LogP contribution in [0, 0.1) is 5.92 Å². The third kappa shape index (κ3) is 5.76. The smallest absolute Gasteiger partial charge is 0.251 e. The van der Waals surface area contributed by atoms with Crippen molar-refractivity contribution in [2.24, 2.45) is 5.92 Å². The van der Waals surface area contributed by atoms with Gasteiger partial charge in [0.1, 0.15) is 5.75 Å². The zero-order valence-electron chi connectivity index (χ0n) is 20.6. The van der Waals surface area contributed by atoms with Crippen molar-refractivity contribution in [3.8, 4) is 5.75 Å². The number of amides is 2. The molecule has 0 saturated heterocycles. The molecular weight excluding hydrogens is 476 g/mol. The normalized spacial score (nSPS) is 14.1. The molecule has 0 aromatic heterocycles. The summed E-state index contributed by atoms with van der Waals surface area (Å²) in [6.07, 6.45) is 1.91. The van der Waals surface area contributed by atoms with Crippen LogP contribution in [0.25, 0.3) is 0 Å². The van der Waals surface area contributed by atoms with Crippen LogP contribution in [-0.2, 0) is 14.6 Å². The van der Waals surface area contributed by atoms with Gasteiger partial charge in [-0.25, -0.2) is 8.42 Å². The fraction of sp³-hybridized carbons (Fsp3) is 0.286. The van der Waals surface area contributed by atoms with Gasteiger partial charge in [0.2, 0.25) is 5.91 Å². The van der Waals surface area contributed by atoms with Crippen molar-refractivity contribution in [1.82, 2.24) is 5.32 Å². The Hall–Kier alpha value is -3.65. The molecule has 1 N–H and O–H groups in total. The molecule has 0 radical (unpaired) electrons. The number of rotatable bonds is 9. The van der Waals surface area contributed by atoms with Crippen LogP contribution in [0.3, 0.4) is 0 Å². The lowest BCUT2D eigenvalue weighted by Crippen LogP contribution is -2.28. The van der Waals surface area contributed by atoms with Gasteiger partial charge in [-0.05, 0) is 74.2 Å². The molecule has 0 heterocycles. The van der Waals surface area contributed by atoms with Gasteiger partial charge in [-0.3, -0.25) is 14.5 Å². The summed E-state index contributed by atoms with van der Waals surface area (Å²) in [5.74, 6) is 0.545. The largest absolute Gasteiger partial charge is 0.496 e. The molecule has 1 fully saturated rings. The van der Waals surface area contributed by atoms with Crippen molar-refractivity contribution < 1.29 is 22.7 Å². The minimum absolute atomic E-state index is 0.160. The van der Waals surface area contributed by atoms with Crippen molar-refractivity contribution in [3.63, 3.8) is 0 Å². The van der Waals surface area contributed by atoms with Crippen LogP contribution in [0.5, 0.6) is 5.75 Å². The van der Waals surface area contributed by atoms with E-state index in [9.17, 15) is 18.0 Å². The number of anilines is 2. The van der Waals surface area contributed by atoms with Gasteiger partial charge in [0.25, 0.3) is 5.91 Å². The monoisotopic (exact) mass is 506 g/mol. The molecule has 3 aromatic rings. The first-order valence-corrected chi connectivity index (χ1v) is 13.5. The molecule has 36 heavy (non-hydrogen) atoms. The number of hydrogen-bond donors (Lipinski definition) is 1. The number of para-hydroxylation sites is 1. The molecule has 0 aliphatic heterocycles. The van der Waals surface area contributed by atoms with Crippen molar-refractivity contribution in [2.45, 2.75) is 37.6 Å². The third-order valence-corrected chi connectivity index (χ3v) is 8.14. The summed E-state index contributed by atoms with van der Waals surface area (Å²) in [4.78, 5) is 27.3. The van der Waals surface area contributed by atoms with Gasteiger partial charge in [-0.2, -0.15) is 0 Å². The second kappa shape index (κ2) is 10.5. The maximum atomic E-state index is 13.0. The molecule has 8 heteroatoms. The molecule has 3 aromatic carbocycles. The van der Waals surface area contributed by atoms with Gasteiger partial charge in [0.05, 0.1) is 23.8 Å².